The minimum atomic E-state index is -0.826. The minimum absolute atomic E-state index is 0.0445. The quantitative estimate of drug-likeness (QED) is 0.716. The predicted molar refractivity (Wildman–Crippen MR) is 48.0 cm³/mol. The van der Waals surface area contributed by atoms with Gasteiger partial charge in [0.05, 0.1) is 6.42 Å². The second-order valence-electron chi connectivity index (χ2n) is 2.53. The number of carbonyl (C=O) groups is 1. The standard InChI is InChI=1S/C9H9ClO2/c10-6-8-4-2-1-3-7(8)5-9(11)12/h1-3,6H,4-5H2,(H,11,12). The fraction of sp³-hybridized carbons (Fsp3) is 0.222. The molecule has 1 rings (SSSR count). The van der Waals surface area contributed by atoms with Crippen molar-refractivity contribution in [3.05, 3.63) is 34.9 Å². The highest BCUT2D eigenvalue weighted by atomic mass is 35.5. The molecule has 12 heavy (non-hydrogen) atoms. The summed E-state index contributed by atoms with van der Waals surface area (Å²) in [5.41, 5.74) is 3.12. The monoisotopic (exact) mass is 184 g/mol. The molecular formula is C9H9ClO2. The van der Waals surface area contributed by atoms with Crippen molar-refractivity contribution < 1.29 is 9.90 Å². The van der Waals surface area contributed by atoms with E-state index in [0.717, 1.165) is 17.6 Å². The third-order valence-electron chi connectivity index (χ3n) is 1.66. The van der Waals surface area contributed by atoms with Crippen molar-refractivity contribution in [1.82, 2.24) is 0 Å². The summed E-state index contributed by atoms with van der Waals surface area (Å²) in [6.07, 6.45) is 6.35. The predicted octanol–water partition coefficient (Wildman–Crippen LogP) is 2.47. The van der Waals surface area contributed by atoms with E-state index in [4.69, 9.17) is 16.7 Å². The molecule has 0 spiro atoms. The number of aliphatic carboxylic acids is 1. The lowest BCUT2D eigenvalue weighted by Gasteiger charge is -2.09. The smallest absolute Gasteiger partial charge is 0.307 e. The number of hydrogen-bond acceptors (Lipinski definition) is 1. The van der Waals surface area contributed by atoms with Gasteiger partial charge in [-0.25, -0.2) is 0 Å². The van der Waals surface area contributed by atoms with Crippen molar-refractivity contribution in [2.75, 3.05) is 0 Å². The summed E-state index contributed by atoms with van der Waals surface area (Å²) in [5, 5.41) is 8.54. The molecule has 0 aromatic heterocycles. The molecule has 0 aromatic rings. The first kappa shape index (κ1) is 9.07. The Bertz CT molecular complexity index is 274. The molecule has 0 heterocycles. The van der Waals surface area contributed by atoms with E-state index in [1.165, 1.54) is 5.54 Å². The van der Waals surface area contributed by atoms with E-state index in [-0.39, 0.29) is 6.42 Å². The van der Waals surface area contributed by atoms with Gasteiger partial charge in [0.1, 0.15) is 0 Å². The highest BCUT2D eigenvalue weighted by molar-refractivity contribution is 6.26. The maximum Gasteiger partial charge on any atom is 0.307 e. The fourth-order valence-electron chi connectivity index (χ4n) is 1.07. The zero-order valence-electron chi connectivity index (χ0n) is 6.46. The first-order valence-electron chi connectivity index (χ1n) is 3.61. The van der Waals surface area contributed by atoms with E-state index in [1.54, 1.807) is 6.08 Å². The number of carboxylic acids is 1. The summed E-state index contributed by atoms with van der Waals surface area (Å²) in [7, 11) is 0. The number of hydrogen-bond donors (Lipinski definition) is 1. The van der Waals surface area contributed by atoms with Crippen LogP contribution in [0.5, 0.6) is 0 Å². The second kappa shape index (κ2) is 4.12. The van der Waals surface area contributed by atoms with Gasteiger partial charge in [-0.1, -0.05) is 29.8 Å². The molecule has 3 heteroatoms. The van der Waals surface area contributed by atoms with Gasteiger partial charge in [0.25, 0.3) is 0 Å². The van der Waals surface area contributed by atoms with Crippen LogP contribution in [-0.4, -0.2) is 11.1 Å². The largest absolute Gasteiger partial charge is 0.481 e. The van der Waals surface area contributed by atoms with Crippen molar-refractivity contribution in [1.29, 1.82) is 0 Å². The lowest BCUT2D eigenvalue weighted by molar-refractivity contribution is -0.136. The lowest BCUT2D eigenvalue weighted by atomic mass is 9.97. The Hall–Kier alpha value is -1.02. The van der Waals surface area contributed by atoms with Crippen LogP contribution < -0.4 is 0 Å². The van der Waals surface area contributed by atoms with Crippen LogP contribution in [0.2, 0.25) is 0 Å². The average molecular weight is 185 g/mol. The molecule has 0 aromatic carbocycles. The van der Waals surface area contributed by atoms with Crippen LogP contribution >= 0.6 is 11.6 Å². The van der Waals surface area contributed by atoms with Crippen LogP contribution in [0, 0.1) is 0 Å². The van der Waals surface area contributed by atoms with Gasteiger partial charge in [0.15, 0.2) is 0 Å². The van der Waals surface area contributed by atoms with Gasteiger partial charge in [0, 0.05) is 5.54 Å². The zero-order valence-corrected chi connectivity index (χ0v) is 7.21. The lowest BCUT2D eigenvalue weighted by Crippen LogP contribution is -2.01. The van der Waals surface area contributed by atoms with E-state index < -0.39 is 5.97 Å². The molecule has 1 aliphatic rings. The van der Waals surface area contributed by atoms with Gasteiger partial charge in [0.2, 0.25) is 0 Å². The molecule has 1 N–H and O–H groups in total. The van der Waals surface area contributed by atoms with Crippen molar-refractivity contribution in [3.8, 4) is 0 Å². The summed E-state index contributed by atoms with van der Waals surface area (Å²) >= 11 is 5.53. The van der Waals surface area contributed by atoms with Gasteiger partial charge < -0.3 is 5.11 Å². The molecule has 64 valence electrons. The molecular weight excluding hydrogens is 176 g/mol. The Morgan fingerprint density at radius 1 is 1.75 bits per heavy atom. The van der Waals surface area contributed by atoms with Crippen LogP contribution in [0.25, 0.3) is 0 Å². The Morgan fingerprint density at radius 2 is 2.50 bits per heavy atom. The third kappa shape index (κ3) is 2.24. The minimum Gasteiger partial charge on any atom is -0.481 e. The van der Waals surface area contributed by atoms with Gasteiger partial charge >= 0.3 is 5.97 Å². The fourth-order valence-corrected chi connectivity index (χ4v) is 1.30. The highest BCUT2D eigenvalue weighted by Crippen LogP contribution is 2.22. The summed E-state index contributed by atoms with van der Waals surface area (Å²) < 4.78 is 0. The molecule has 0 saturated heterocycles. The molecule has 2 nitrogen and oxygen atoms in total. The van der Waals surface area contributed by atoms with E-state index in [2.05, 4.69) is 0 Å². The molecule has 1 aliphatic carbocycles. The van der Waals surface area contributed by atoms with Crippen LogP contribution in [0.3, 0.4) is 0 Å². The number of rotatable bonds is 2. The Kier molecular flexibility index (Phi) is 3.11. The zero-order chi connectivity index (χ0) is 8.97. The maximum absolute atomic E-state index is 10.4. The molecule has 0 radical (unpaired) electrons. The Balaban J connectivity index is 2.77. The van der Waals surface area contributed by atoms with Crippen molar-refractivity contribution in [3.63, 3.8) is 0 Å². The van der Waals surface area contributed by atoms with E-state index in [9.17, 15) is 4.79 Å². The van der Waals surface area contributed by atoms with Crippen LogP contribution in [0.15, 0.2) is 34.9 Å². The Labute approximate surface area is 75.8 Å². The summed E-state index contributed by atoms with van der Waals surface area (Å²) in [5.74, 6) is -0.826. The SMILES string of the molecule is O=C(O)CC1=CC=CCC1=CCl. The molecule has 0 unspecified atom stereocenters. The topological polar surface area (TPSA) is 37.3 Å². The first-order valence-corrected chi connectivity index (χ1v) is 4.05. The average Bonchev–Trinajstić information content (AvgIpc) is 2.04. The molecule has 0 saturated carbocycles. The first-order chi connectivity index (χ1) is 5.74. The number of carboxylic acid groups (broad SMARTS) is 1. The van der Waals surface area contributed by atoms with Crippen LogP contribution in [0.4, 0.5) is 0 Å². The van der Waals surface area contributed by atoms with Crippen LogP contribution in [0.1, 0.15) is 12.8 Å². The van der Waals surface area contributed by atoms with E-state index >= 15 is 0 Å². The van der Waals surface area contributed by atoms with Gasteiger partial charge in [-0.3, -0.25) is 4.79 Å². The van der Waals surface area contributed by atoms with Crippen molar-refractivity contribution >= 4 is 17.6 Å². The molecule has 0 amide bonds. The summed E-state index contributed by atoms with van der Waals surface area (Å²) in [6, 6.07) is 0. The summed E-state index contributed by atoms with van der Waals surface area (Å²) in [6.45, 7) is 0. The number of allylic oxidation sites excluding steroid dienone is 4. The van der Waals surface area contributed by atoms with Gasteiger partial charge in [-0.2, -0.15) is 0 Å². The van der Waals surface area contributed by atoms with Gasteiger partial charge in [-0.15, -0.1) is 0 Å². The van der Waals surface area contributed by atoms with E-state index in [0.29, 0.717) is 0 Å². The summed E-state index contributed by atoms with van der Waals surface area (Å²) in [4.78, 5) is 10.4. The highest BCUT2D eigenvalue weighted by Gasteiger charge is 2.09. The van der Waals surface area contributed by atoms with Crippen molar-refractivity contribution in [2.24, 2.45) is 0 Å². The van der Waals surface area contributed by atoms with E-state index in [1.807, 2.05) is 12.2 Å². The van der Waals surface area contributed by atoms with Gasteiger partial charge in [-0.05, 0) is 17.6 Å². The molecule has 0 aliphatic heterocycles. The second-order valence-corrected chi connectivity index (χ2v) is 2.75. The van der Waals surface area contributed by atoms with Crippen molar-refractivity contribution in [2.45, 2.75) is 12.8 Å². The van der Waals surface area contributed by atoms with Crippen LogP contribution in [-0.2, 0) is 4.79 Å². The normalized spacial score (nSPS) is 19.4. The maximum atomic E-state index is 10.4. The molecule has 0 fully saturated rings. The molecule has 0 atom stereocenters. The third-order valence-corrected chi connectivity index (χ3v) is 1.92. The Morgan fingerprint density at radius 3 is 3.08 bits per heavy atom. The molecule has 0 bridgehead atoms. The number of halogens is 1.